The Balaban J connectivity index is 2.31. The van der Waals surface area contributed by atoms with Crippen LogP contribution >= 0.6 is 0 Å². The number of primary sulfonamides is 1. The third-order valence-electron chi connectivity index (χ3n) is 2.60. The number of sulfonamides is 1. The molecule has 1 aliphatic rings. The monoisotopic (exact) mass is 257 g/mol. The van der Waals surface area contributed by atoms with Crippen molar-refractivity contribution in [2.75, 3.05) is 23.9 Å². The summed E-state index contributed by atoms with van der Waals surface area (Å²) < 4.78 is 22.3. The van der Waals surface area contributed by atoms with E-state index in [4.69, 9.17) is 15.7 Å². The van der Waals surface area contributed by atoms with Crippen LogP contribution in [0.15, 0.2) is 23.1 Å². The number of anilines is 2. The van der Waals surface area contributed by atoms with Crippen LogP contribution in [0.5, 0.6) is 0 Å². The van der Waals surface area contributed by atoms with Gasteiger partial charge < -0.3 is 5.73 Å². The lowest BCUT2D eigenvalue weighted by Crippen LogP contribution is -2.30. The fourth-order valence-corrected chi connectivity index (χ4v) is 2.27. The summed E-state index contributed by atoms with van der Waals surface area (Å²) in [5, 5.41) is 6.71. The zero-order valence-electron chi connectivity index (χ0n) is 9.30. The summed E-state index contributed by atoms with van der Waals surface area (Å²) in [6, 6.07) is 4.39. The predicted molar refractivity (Wildman–Crippen MR) is 64.8 cm³/mol. The van der Waals surface area contributed by atoms with E-state index in [2.05, 4.69) is 0 Å². The Morgan fingerprint density at radius 3 is 2.59 bits per heavy atom. The van der Waals surface area contributed by atoms with Crippen LogP contribution < -0.4 is 15.9 Å². The van der Waals surface area contributed by atoms with Crippen molar-refractivity contribution in [3.8, 4) is 0 Å². The normalized spacial score (nSPS) is 17.1. The Kier molecular flexibility index (Phi) is 3.23. The Bertz CT molecular complexity index is 510. The van der Waals surface area contributed by atoms with Crippen molar-refractivity contribution in [1.29, 1.82) is 0 Å². The third-order valence-corrected chi connectivity index (χ3v) is 3.51. The molecule has 4 N–H and O–H groups in total. The van der Waals surface area contributed by atoms with E-state index >= 15 is 0 Å². The van der Waals surface area contributed by atoms with Gasteiger partial charge in [-0.25, -0.2) is 13.6 Å². The average molecular weight is 257 g/mol. The van der Waals surface area contributed by atoms with Crippen molar-refractivity contribution >= 4 is 21.4 Å². The molecule has 2 rings (SSSR count). The van der Waals surface area contributed by atoms with E-state index in [1.807, 2.05) is 0 Å². The van der Waals surface area contributed by atoms with Gasteiger partial charge in [0.05, 0.1) is 22.9 Å². The minimum Gasteiger partial charge on any atom is -0.397 e. The maximum Gasteiger partial charge on any atom is 0.238 e. The van der Waals surface area contributed by atoms with E-state index in [0.717, 1.165) is 19.4 Å². The van der Waals surface area contributed by atoms with Crippen LogP contribution in [0.1, 0.15) is 12.8 Å². The van der Waals surface area contributed by atoms with Crippen molar-refractivity contribution in [2.24, 2.45) is 5.14 Å². The van der Waals surface area contributed by atoms with Crippen LogP contribution in [-0.4, -0.2) is 21.6 Å². The summed E-state index contributed by atoms with van der Waals surface area (Å²) in [6.45, 7) is 1.40. The molecule has 7 heteroatoms. The summed E-state index contributed by atoms with van der Waals surface area (Å²) in [5.74, 6) is 0. The van der Waals surface area contributed by atoms with Gasteiger partial charge in [-0.05, 0) is 31.0 Å². The third kappa shape index (κ3) is 2.68. The minimum atomic E-state index is -3.71. The first-order chi connectivity index (χ1) is 7.98. The number of nitrogens with two attached hydrogens (primary N) is 2. The number of hydroxylamine groups is 1. The molecule has 94 valence electrons. The molecule has 0 aliphatic carbocycles. The van der Waals surface area contributed by atoms with E-state index in [1.54, 1.807) is 11.1 Å². The first-order valence-electron chi connectivity index (χ1n) is 5.31. The van der Waals surface area contributed by atoms with E-state index in [1.165, 1.54) is 12.1 Å². The highest BCUT2D eigenvalue weighted by Gasteiger charge is 2.16. The van der Waals surface area contributed by atoms with Crippen molar-refractivity contribution in [3.63, 3.8) is 0 Å². The molecule has 6 nitrogen and oxygen atoms in total. The standard InChI is InChI=1S/C10H15N3O3S/c11-9-7-8(17(12,14)15)3-4-10(9)13-5-1-2-6-16-13/h3-4,7H,1-2,5-6,11H2,(H2,12,14,15). The lowest BCUT2D eigenvalue weighted by Gasteiger charge is -2.28. The smallest absolute Gasteiger partial charge is 0.238 e. The molecule has 0 amide bonds. The molecule has 1 heterocycles. The number of hydrogen-bond donors (Lipinski definition) is 2. The Morgan fingerprint density at radius 1 is 1.29 bits per heavy atom. The van der Waals surface area contributed by atoms with Crippen molar-refractivity contribution in [2.45, 2.75) is 17.7 Å². The van der Waals surface area contributed by atoms with E-state index in [-0.39, 0.29) is 4.90 Å². The van der Waals surface area contributed by atoms with Crippen LogP contribution in [0.25, 0.3) is 0 Å². The second-order valence-corrected chi connectivity index (χ2v) is 5.47. The van der Waals surface area contributed by atoms with Crippen LogP contribution in [0.3, 0.4) is 0 Å². The Labute approximate surface area is 100 Å². The molecular weight excluding hydrogens is 242 g/mol. The maximum absolute atomic E-state index is 11.2. The maximum atomic E-state index is 11.2. The van der Waals surface area contributed by atoms with Gasteiger partial charge in [0.15, 0.2) is 0 Å². The quantitative estimate of drug-likeness (QED) is 0.749. The second-order valence-electron chi connectivity index (χ2n) is 3.91. The highest BCUT2D eigenvalue weighted by molar-refractivity contribution is 7.89. The number of hydrogen-bond acceptors (Lipinski definition) is 5. The number of benzene rings is 1. The van der Waals surface area contributed by atoms with Crippen LogP contribution in [-0.2, 0) is 14.9 Å². The molecule has 17 heavy (non-hydrogen) atoms. The number of rotatable bonds is 2. The molecule has 0 radical (unpaired) electrons. The molecule has 0 spiro atoms. The Hall–Kier alpha value is -1.31. The second kappa shape index (κ2) is 4.52. The van der Waals surface area contributed by atoms with Crippen molar-refractivity contribution < 1.29 is 13.3 Å². The molecule has 1 fully saturated rings. The molecule has 0 unspecified atom stereocenters. The van der Waals surface area contributed by atoms with E-state index < -0.39 is 10.0 Å². The summed E-state index contributed by atoms with van der Waals surface area (Å²) in [5.41, 5.74) is 6.83. The largest absolute Gasteiger partial charge is 0.397 e. The Morgan fingerprint density at radius 2 is 2.06 bits per heavy atom. The minimum absolute atomic E-state index is 0.00996. The summed E-state index contributed by atoms with van der Waals surface area (Å²) in [6.07, 6.45) is 2.04. The summed E-state index contributed by atoms with van der Waals surface area (Å²) >= 11 is 0. The van der Waals surface area contributed by atoms with Gasteiger partial charge in [0.1, 0.15) is 0 Å². The zero-order valence-corrected chi connectivity index (χ0v) is 10.1. The molecule has 0 atom stereocenters. The van der Waals surface area contributed by atoms with Gasteiger partial charge in [-0.3, -0.25) is 9.90 Å². The topological polar surface area (TPSA) is 98.7 Å². The predicted octanol–water partition coefficient (Wildman–Crippen LogP) is 0.448. The van der Waals surface area contributed by atoms with E-state index in [0.29, 0.717) is 18.0 Å². The fourth-order valence-electron chi connectivity index (χ4n) is 1.72. The van der Waals surface area contributed by atoms with Crippen LogP contribution in [0.4, 0.5) is 11.4 Å². The molecule has 1 aromatic rings. The molecule has 0 aromatic heterocycles. The van der Waals surface area contributed by atoms with E-state index in [9.17, 15) is 8.42 Å². The first kappa shape index (κ1) is 12.2. The van der Waals surface area contributed by atoms with Gasteiger partial charge >= 0.3 is 0 Å². The number of nitrogen functional groups attached to an aromatic ring is 1. The zero-order chi connectivity index (χ0) is 12.5. The lowest BCUT2D eigenvalue weighted by molar-refractivity contribution is 0.0781. The van der Waals surface area contributed by atoms with Gasteiger partial charge in [0.25, 0.3) is 0 Å². The van der Waals surface area contributed by atoms with Gasteiger partial charge in [-0.15, -0.1) is 0 Å². The number of nitrogens with zero attached hydrogens (tertiary/aromatic N) is 1. The van der Waals surface area contributed by atoms with Crippen molar-refractivity contribution in [1.82, 2.24) is 0 Å². The molecular formula is C10H15N3O3S. The van der Waals surface area contributed by atoms with Crippen LogP contribution in [0.2, 0.25) is 0 Å². The fraction of sp³-hybridized carbons (Fsp3) is 0.400. The SMILES string of the molecule is Nc1cc(S(N)(=O)=O)ccc1N1CCCCO1. The molecule has 0 bridgehead atoms. The lowest BCUT2D eigenvalue weighted by atomic mass is 10.2. The first-order valence-corrected chi connectivity index (χ1v) is 6.86. The molecule has 1 saturated heterocycles. The van der Waals surface area contributed by atoms with Gasteiger partial charge in [-0.2, -0.15) is 0 Å². The van der Waals surface area contributed by atoms with Gasteiger partial charge in [0.2, 0.25) is 10.0 Å². The van der Waals surface area contributed by atoms with Crippen molar-refractivity contribution in [3.05, 3.63) is 18.2 Å². The summed E-state index contributed by atoms with van der Waals surface area (Å²) in [7, 11) is -3.71. The van der Waals surface area contributed by atoms with Gasteiger partial charge in [0, 0.05) is 6.54 Å². The summed E-state index contributed by atoms with van der Waals surface area (Å²) in [4.78, 5) is 5.45. The highest BCUT2D eigenvalue weighted by atomic mass is 32.2. The molecule has 1 aliphatic heterocycles. The van der Waals surface area contributed by atoms with Crippen LogP contribution in [0, 0.1) is 0 Å². The average Bonchev–Trinajstić information content (AvgIpc) is 2.29. The highest BCUT2D eigenvalue weighted by Crippen LogP contribution is 2.27. The molecule has 1 aromatic carbocycles. The van der Waals surface area contributed by atoms with Gasteiger partial charge in [-0.1, -0.05) is 0 Å². The molecule has 0 saturated carbocycles.